The second-order valence-electron chi connectivity index (χ2n) is 7.17. The Kier molecular flexibility index (Phi) is 4.50. The van der Waals surface area contributed by atoms with Gasteiger partial charge in [0.15, 0.2) is 0 Å². The van der Waals surface area contributed by atoms with Crippen LogP contribution in [-0.2, 0) is 17.8 Å². The van der Waals surface area contributed by atoms with Gasteiger partial charge in [-0.3, -0.25) is 4.79 Å². The van der Waals surface area contributed by atoms with Gasteiger partial charge in [-0.1, -0.05) is 0 Å². The third kappa shape index (κ3) is 3.30. The summed E-state index contributed by atoms with van der Waals surface area (Å²) in [5, 5.41) is 7.74. The molecule has 1 spiro atoms. The molecule has 1 amide bonds. The first-order chi connectivity index (χ1) is 11.7. The van der Waals surface area contributed by atoms with Gasteiger partial charge in [0.05, 0.1) is 6.42 Å². The molecule has 1 atom stereocenters. The van der Waals surface area contributed by atoms with E-state index in [1.54, 1.807) is 22.7 Å². The number of thiophene rings is 2. The highest BCUT2D eigenvalue weighted by Gasteiger charge is 2.57. The molecule has 4 rings (SSSR count). The number of hydrogen-bond donors (Lipinski definition) is 1. The van der Waals surface area contributed by atoms with E-state index in [9.17, 15) is 4.79 Å². The molecule has 3 nitrogen and oxygen atoms in total. The second-order valence-corrected chi connectivity index (χ2v) is 9.33. The molecule has 1 unspecified atom stereocenters. The molecule has 1 aliphatic carbocycles. The summed E-state index contributed by atoms with van der Waals surface area (Å²) in [7, 11) is 0. The molecule has 0 aromatic carbocycles. The van der Waals surface area contributed by atoms with Crippen molar-refractivity contribution >= 4 is 28.6 Å². The maximum atomic E-state index is 13.1. The smallest absolute Gasteiger partial charge is 0.228 e. The molecule has 2 aliphatic rings. The van der Waals surface area contributed by atoms with Crippen LogP contribution >= 0.6 is 22.7 Å². The van der Waals surface area contributed by atoms with Gasteiger partial charge in [0, 0.05) is 22.3 Å². The van der Waals surface area contributed by atoms with Crippen molar-refractivity contribution in [3.8, 4) is 0 Å². The standard InChI is InChI=1S/C19H24N2OS2/c1-14-2-3-16(24-14)10-18(22)21(12-15-4-9-23-13-15)17-11-19(17)5-7-20-8-6-19/h2-4,9,13,17,20H,5-8,10-12H2,1H3. The van der Waals surface area contributed by atoms with Crippen LogP contribution in [0.5, 0.6) is 0 Å². The molecule has 0 bridgehead atoms. The molecule has 3 heterocycles. The maximum absolute atomic E-state index is 13.1. The summed E-state index contributed by atoms with van der Waals surface area (Å²) >= 11 is 3.46. The molecule has 2 aromatic heterocycles. The van der Waals surface area contributed by atoms with Gasteiger partial charge in [-0.25, -0.2) is 0 Å². The highest BCUT2D eigenvalue weighted by Crippen LogP contribution is 2.56. The van der Waals surface area contributed by atoms with Crippen molar-refractivity contribution in [1.82, 2.24) is 10.2 Å². The SMILES string of the molecule is Cc1ccc(CC(=O)N(Cc2ccsc2)C2CC23CCNCC3)s1. The van der Waals surface area contributed by atoms with Gasteiger partial charge >= 0.3 is 0 Å². The van der Waals surface area contributed by atoms with Crippen LogP contribution < -0.4 is 5.32 Å². The number of hydrogen-bond acceptors (Lipinski definition) is 4. The lowest BCUT2D eigenvalue weighted by molar-refractivity contribution is -0.132. The van der Waals surface area contributed by atoms with Crippen LogP contribution in [0.25, 0.3) is 0 Å². The molecule has 128 valence electrons. The summed E-state index contributed by atoms with van der Waals surface area (Å²) in [5.74, 6) is 0.295. The van der Waals surface area contributed by atoms with Crippen molar-refractivity contribution in [1.29, 1.82) is 0 Å². The highest BCUT2D eigenvalue weighted by molar-refractivity contribution is 7.12. The molecule has 1 saturated carbocycles. The van der Waals surface area contributed by atoms with E-state index in [1.165, 1.54) is 34.6 Å². The van der Waals surface area contributed by atoms with Crippen LogP contribution in [-0.4, -0.2) is 29.9 Å². The third-order valence-electron chi connectivity index (χ3n) is 5.50. The van der Waals surface area contributed by atoms with Gasteiger partial charge in [0.2, 0.25) is 5.91 Å². The van der Waals surface area contributed by atoms with Crippen molar-refractivity contribution < 1.29 is 4.79 Å². The van der Waals surface area contributed by atoms with Crippen molar-refractivity contribution in [2.45, 2.75) is 45.2 Å². The lowest BCUT2D eigenvalue weighted by Gasteiger charge is -2.29. The second kappa shape index (κ2) is 6.62. The first-order valence-corrected chi connectivity index (χ1v) is 10.5. The van der Waals surface area contributed by atoms with Crippen LogP contribution in [0.3, 0.4) is 0 Å². The fourth-order valence-corrected chi connectivity index (χ4v) is 5.55. The number of nitrogens with one attached hydrogen (secondary N) is 1. The molecule has 1 aliphatic heterocycles. The minimum absolute atomic E-state index is 0.295. The van der Waals surface area contributed by atoms with Crippen LogP contribution in [0.2, 0.25) is 0 Å². The summed E-state index contributed by atoms with van der Waals surface area (Å²) in [6.07, 6.45) is 4.16. The van der Waals surface area contributed by atoms with Crippen LogP contribution in [0, 0.1) is 12.3 Å². The minimum atomic E-state index is 0.295. The molecule has 24 heavy (non-hydrogen) atoms. The topological polar surface area (TPSA) is 32.3 Å². The third-order valence-corrected chi connectivity index (χ3v) is 7.23. The first-order valence-electron chi connectivity index (χ1n) is 8.73. The van der Waals surface area contributed by atoms with E-state index < -0.39 is 0 Å². The van der Waals surface area contributed by atoms with Gasteiger partial charge < -0.3 is 10.2 Å². The van der Waals surface area contributed by atoms with E-state index in [2.05, 4.69) is 46.1 Å². The molecule has 0 radical (unpaired) electrons. The van der Waals surface area contributed by atoms with E-state index in [4.69, 9.17) is 0 Å². The molecule has 2 fully saturated rings. The molecule has 5 heteroatoms. The van der Waals surface area contributed by atoms with Crippen molar-refractivity contribution in [3.05, 3.63) is 44.3 Å². The van der Waals surface area contributed by atoms with E-state index in [1.807, 2.05) is 0 Å². The Balaban J connectivity index is 1.51. The quantitative estimate of drug-likeness (QED) is 0.879. The Morgan fingerprint density at radius 1 is 1.33 bits per heavy atom. The Morgan fingerprint density at radius 3 is 2.83 bits per heavy atom. The van der Waals surface area contributed by atoms with E-state index in [-0.39, 0.29) is 0 Å². The number of piperidine rings is 1. The summed E-state index contributed by atoms with van der Waals surface area (Å²) in [4.78, 5) is 17.7. The number of amides is 1. The largest absolute Gasteiger partial charge is 0.334 e. The normalized spacial score (nSPS) is 21.8. The van der Waals surface area contributed by atoms with Crippen LogP contribution in [0.1, 0.15) is 34.6 Å². The predicted octanol–water partition coefficient (Wildman–Crippen LogP) is 3.83. The van der Waals surface area contributed by atoms with Crippen molar-refractivity contribution in [2.75, 3.05) is 13.1 Å². The van der Waals surface area contributed by atoms with E-state index in [0.717, 1.165) is 19.6 Å². The number of nitrogens with zero attached hydrogens (tertiary/aromatic N) is 1. The maximum Gasteiger partial charge on any atom is 0.228 e. The Hall–Kier alpha value is -1.17. The Labute approximate surface area is 151 Å². The van der Waals surface area contributed by atoms with E-state index >= 15 is 0 Å². The van der Waals surface area contributed by atoms with Gasteiger partial charge in [-0.2, -0.15) is 11.3 Å². The number of rotatable bonds is 5. The van der Waals surface area contributed by atoms with Gasteiger partial charge in [0.25, 0.3) is 0 Å². The Morgan fingerprint density at radius 2 is 2.17 bits per heavy atom. The number of aryl methyl sites for hydroxylation is 1. The van der Waals surface area contributed by atoms with Crippen LogP contribution in [0.15, 0.2) is 29.0 Å². The lowest BCUT2D eigenvalue weighted by Crippen LogP contribution is -2.39. The summed E-state index contributed by atoms with van der Waals surface area (Å²) < 4.78 is 0. The van der Waals surface area contributed by atoms with Gasteiger partial charge in [0.1, 0.15) is 0 Å². The van der Waals surface area contributed by atoms with Crippen molar-refractivity contribution in [2.24, 2.45) is 5.41 Å². The first kappa shape index (κ1) is 16.3. The molecule has 1 saturated heterocycles. The fraction of sp³-hybridized carbons (Fsp3) is 0.526. The highest BCUT2D eigenvalue weighted by atomic mass is 32.1. The molecule has 2 aromatic rings. The average Bonchev–Trinajstić information content (AvgIpc) is 2.96. The Bertz CT molecular complexity index is 701. The molecular weight excluding hydrogens is 336 g/mol. The van der Waals surface area contributed by atoms with Gasteiger partial charge in [-0.15, -0.1) is 11.3 Å². The van der Waals surface area contributed by atoms with Crippen molar-refractivity contribution in [3.63, 3.8) is 0 Å². The zero-order chi connectivity index (χ0) is 16.6. The fourth-order valence-electron chi connectivity index (χ4n) is 4.01. The predicted molar refractivity (Wildman–Crippen MR) is 101 cm³/mol. The lowest BCUT2D eigenvalue weighted by atomic mass is 9.93. The van der Waals surface area contributed by atoms with Crippen LogP contribution in [0.4, 0.5) is 0 Å². The number of carbonyl (C=O) groups excluding carboxylic acids is 1. The minimum Gasteiger partial charge on any atom is -0.334 e. The number of carbonyl (C=O) groups is 1. The molecular formula is C19H24N2OS2. The summed E-state index contributed by atoms with van der Waals surface area (Å²) in [5.41, 5.74) is 1.66. The summed E-state index contributed by atoms with van der Waals surface area (Å²) in [6, 6.07) is 6.81. The summed E-state index contributed by atoms with van der Waals surface area (Å²) in [6.45, 7) is 5.07. The average molecular weight is 361 g/mol. The monoisotopic (exact) mass is 360 g/mol. The molecule has 1 N–H and O–H groups in total. The van der Waals surface area contributed by atoms with Gasteiger partial charge in [-0.05, 0) is 79.2 Å². The van der Waals surface area contributed by atoms with E-state index in [0.29, 0.717) is 23.8 Å². The zero-order valence-electron chi connectivity index (χ0n) is 14.1. The zero-order valence-corrected chi connectivity index (χ0v) is 15.7.